The maximum Gasteiger partial charge on any atom is 0.270 e. The lowest BCUT2D eigenvalue weighted by molar-refractivity contribution is -0.131. The number of pyridine rings is 1. The van der Waals surface area contributed by atoms with Gasteiger partial charge < -0.3 is 29.2 Å². The summed E-state index contributed by atoms with van der Waals surface area (Å²) in [5.41, 5.74) is 1.32. The van der Waals surface area contributed by atoms with Gasteiger partial charge in [0.25, 0.3) is 5.91 Å². The third-order valence-electron chi connectivity index (χ3n) is 9.45. The van der Waals surface area contributed by atoms with Gasteiger partial charge in [-0.2, -0.15) is 4.39 Å². The number of benzene rings is 2. The Morgan fingerprint density at radius 1 is 0.925 bits per heavy atom. The van der Waals surface area contributed by atoms with Gasteiger partial charge in [0.05, 0.1) is 38.2 Å². The van der Waals surface area contributed by atoms with E-state index >= 15 is 4.39 Å². The molecule has 2 amide bonds. The third-order valence-corrected chi connectivity index (χ3v) is 9.45. The van der Waals surface area contributed by atoms with Gasteiger partial charge in [-0.25, -0.2) is 18.2 Å². The third kappa shape index (κ3) is 7.12. The van der Waals surface area contributed by atoms with Gasteiger partial charge >= 0.3 is 0 Å². The van der Waals surface area contributed by atoms with Crippen LogP contribution >= 0.6 is 0 Å². The number of nitrogens with zero attached hydrogens (tertiary/aromatic N) is 7. The number of aromatic amines is 1. The van der Waals surface area contributed by atoms with Crippen molar-refractivity contribution in [3.05, 3.63) is 89.5 Å². The van der Waals surface area contributed by atoms with Crippen LogP contribution in [0.25, 0.3) is 27.6 Å². The van der Waals surface area contributed by atoms with E-state index < -0.39 is 29.2 Å². The molecule has 53 heavy (non-hydrogen) atoms. The molecule has 1 N–H and O–H groups in total. The maximum atomic E-state index is 16.7. The average Bonchev–Trinajstić information content (AvgIpc) is 3.87. The average molecular weight is 733 g/mol. The molecule has 1 saturated heterocycles. The number of piperazine rings is 1. The van der Waals surface area contributed by atoms with Gasteiger partial charge in [0.2, 0.25) is 11.7 Å². The molecular formula is C37H36F4N8O4. The van der Waals surface area contributed by atoms with Crippen molar-refractivity contribution in [1.82, 2.24) is 34.8 Å². The molecule has 2 aliphatic rings. The number of aryl methyl sites for hydroxylation is 1. The van der Waals surface area contributed by atoms with Crippen LogP contribution in [0.2, 0.25) is 0 Å². The number of hydrogen-bond donors (Lipinski definition) is 1. The molecule has 5 aromatic rings. The van der Waals surface area contributed by atoms with E-state index in [2.05, 4.69) is 20.3 Å². The topological polar surface area (TPSA) is 122 Å². The van der Waals surface area contributed by atoms with Crippen LogP contribution in [0.5, 0.6) is 11.5 Å². The second-order valence-corrected chi connectivity index (χ2v) is 12.7. The Bertz CT molecular complexity index is 2200. The Morgan fingerprint density at radius 3 is 2.47 bits per heavy atom. The zero-order valence-electron chi connectivity index (χ0n) is 29.0. The molecule has 0 saturated carbocycles. The zero-order chi connectivity index (χ0) is 37.2. The van der Waals surface area contributed by atoms with Gasteiger partial charge in [0.1, 0.15) is 11.5 Å². The molecular weight excluding hydrogens is 696 g/mol. The number of hydrogen-bond acceptors (Lipinski definition) is 8. The summed E-state index contributed by atoms with van der Waals surface area (Å²) in [7, 11) is 1.43. The lowest BCUT2D eigenvalue weighted by Crippen LogP contribution is -2.49. The number of methoxy groups -OCH3 is 1. The number of fused-ring (bicyclic) bond motifs is 1. The Balaban J connectivity index is 1.21. The number of halogens is 4. The molecule has 3 aromatic heterocycles. The van der Waals surface area contributed by atoms with Crippen LogP contribution in [0.15, 0.2) is 55.0 Å². The largest absolute Gasteiger partial charge is 0.493 e. The number of H-pyrrole nitrogens is 1. The van der Waals surface area contributed by atoms with Gasteiger partial charge in [-0.15, -0.1) is 5.10 Å². The molecule has 0 unspecified atom stereocenters. The lowest BCUT2D eigenvalue weighted by Gasteiger charge is -2.35. The van der Waals surface area contributed by atoms with Crippen molar-refractivity contribution in [3.63, 3.8) is 0 Å². The molecule has 2 aromatic carbocycles. The smallest absolute Gasteiger partial charge is 0.270 e. The Morgan fingerprint density at radius 2 is 1.74 bits per heavy atom. The van der Waals surface area contributed by atoms with E-state index in [0.717, 1.165) is 12.3 Å². The fourth-order valence-electron chi connectivity index (χ4n) is 6.79. The number of anilines is 1. The van der Waals surface area contributed by atoms with Gasteiger partial charge in [0, 0.05) is 68.9 Å². The second-order valence-electron chi connectivity index (χ2n) is 12.7. The van der Waals surface area contributed by atoms with Gasteiger partial charge in [-0.05, 0) is 54.3 Å². The second kappa shape index (κ2) is 15.0. The molecule has 1 fully saturated rings. The van der Waals surface area contributed by atoms with Gasteiger partial charge in [-0.1, -0.05) is 11.3 Å². The zero-order valence-corrected chi connectivity index (χ0v) is 29.0. The SMILES string of the molecule is CCOc1cc(-c2cc(C3=CCCN(C(=O)CCn4ccnn4)C3)c(F)c3[nH]c(C(=O)N4CCN(c5ncc(F)cc5OC)CC4)cc23)cc(F)c1F. The van der Waals surface area contributed by atoms with E-state index in [-0.39, 0.29) is 77.8 Å². The number of amides is 2. The quantitative estimate of drug-likeness (QED) is 0.188. The van der Waals surface area contributed by atoms with Crippen LogP contribution in [-0.4, -0.2) is 99.6 Å². The van der Waals surface area contributed by atoms with Crippen molar-refractivity contribution in [3.8, 4) is 22.6 Å². The molecule has 0 bridgehead atoms. The summed E-state index contributed by atoms with van der Waals surface area (Å²) in [6.07, 6.45) is 6.78. The maximum absolute atomic E-state index is 16.7. The molecule has 5 heterocycles. The van der Waals surface area contributed by atoms with Crippen molar-refractivity contribution in [2.24, 2.45) is 0 Å². The van der Waals surface area contributed by atoms with E-state index in [1.807, 2.05) is 11.0 Å². The summed E-state index contributed by atoms with van der Waals surface area (Å²) in [5, 5.41) is 7.93. The molecule has 276 valence electrons. The van der Waals surface area contributed by atoms with Crippen molar-refractivity contribution < 1.29 is 36.6 Å². The molecule has 12 nitrogen and oxygen atoms in total. The molecule has 16 heteroatoms. The van der Waals surface area contributed by atoms with E-state index in [1.165, 1.54) is 31.5 Å². The molecule has 0 spiro atoms. The summed E-state index contributed by atoms with van der Waals surface area (Å²) in [6.45, 7) is 3.94. The summed E-state index contributed by atoms with van der Waals surface area (Å²) in [6, 6.07) is 6.65. The first kappa shape index (κ1) is 35.5. The van der Waals surface area contributed by atoms with E-state index in [9.17, 15) is 22.8 Å². The fraction of sp³-hybridized carbons (Fsp3) is 0.324. The molecule has 0 aliphatic carbocycles. The van der Waals surface area contributed by atoms with Crippen LogP contribution in [0.1, 0.15) is 35.8 Å². The highest BCUT2D eigenvalue weighted by atomic mass is 19.2. The van der Waals surface area contributed by atoms with Crippen LogP contribution < -0.4 is 14.4 Å². The number of carbonyl (C=O) groups excluding carboxylic acids is 2. The van der Waals surface area contributed by atoms with Crippen molar-refractivity contribution in [2.75, 3.05) is 57.9 Å². The number of ether oxygens (including phenoxy) is 2. The number of carbonyl (C=O) groups is 2. The first-order chi connectivity index (χ1) is 25.6. The van der Waals surface area contributed by atoms with Crippen LogP contribution in [0.3, 0.4) is 0 Å². The molecule has 7 rings (SSSR count). The standard InChI is InChI=1S/C37H36F4N8O4/c1-3-53-30-16-23(15-28(39)34(30)41)25-18-26(22-5-4-8-48(21-22)32(50)6-9-49-10-7-43-45-49)33(40)35-27(25)19-29(44-35)37(51)47-13-11-46(12-14-47)36-31(52-2)17-24(38)20-42-36/h5,7,10,15-20,44H,3-4,6,8-9,11-14,21H2,1-2H3. The van der Waals surface area contributed by atoms with E-state index in [4.69, 9.17) is 9.47 Å². The Hall–Kier alpha value is -5.93. The van der Waals surface area contributed by atoms with E-state index in [0.29, 0.717) is 49.6 Å². The fourth-order valence-corrected chi connectivity index (χ4v) is 6.79. The molecule has 0 radical (unpaired) electrons. The van der Waals surface area contributed by atoms with Crippen molar-refractivity contribution in [1.29, 1.82) is 0 Å². The van der Waals surface area contributed by atoms with Crippen LogP contribution in [0, 0.1) is 23.3 Å². The summed E-state index contributed by atoms with van der Waals surface area (Å²) in [5.74, 6) is -3.60. The molecule has 2 aliphatic heterocycles. The Kier molecular flexibility index (Phi) is 10.0. The van der Waals surface area contributed by atoms with Crippen LogP contribution in [-0.2, 0) is 11.3 Å². The predicted molar refractivity (Wildman–Crippen MR) is 187 cm³/mol. The first-order valence-electron chi connectivity index (χ1n) is 17.2. The summed E-state index contributed by atoms with van der Waals surface area (Å²) >= 11 is 0. The van der Waals surface area contributed by atoms with Crippen molar-refractivity contribution >= 4 is 34.1 Å². The minimum atomic E-state index is -1.15. The monoisotopic (exact) mass is 732 g/mol. The first-order valence-corrected chi connectivity index (χ1v) is 17.2. The van der Waals surface area contributed by atoms with Crippen molar-refractivity contribution in [2.45, 2.75) is 26.3 Å². The number of aromatic nitrogens is 5. The minimum Gasteiger partial charge on any atom is -0.493 e. The highest BCUT2D eigenvalue weighted by molar-refractivity contribution is 6.05. The highest BCUT2D eigenvalue weighted by Gasteiger charge is 2.29. The van der Waals surface area contributed by atoms with Gasteiger partial charge in [-0.3, -0.25) is 14.3 Å². The normalized spacial score (nSPS) is 14.8. The minimum absolute atomic E-state index is 0.00189. The van der Waals surface area contributed by atoms with E-state index in [1.54, 1.807) is 33.7 Å². The highest BCUT2D eigenvalue weighted by Crippen LogP contribution is 2.39. The number of nitrogens with one attached hydrogen (secondary N) is 1. The molecule has 0 atom stereocenters. The Labute approximate surface area is 301 Å². The number of rotatable bonds is 10. The van der Waals surface area contributed by atoms with Gasteiger partial charge in [0.15, 0.2) is 29.0 Å². The predicted octanol–water partition coefficient (Wildman–Crippen LogP) is 5.45. The van der Waals surface area contributed by atoms with Crippen LogP contribution in [0.4, 0.5) is 23.4 Å². The summed E-state index contributed by atoms with van der Waals surface area (Å²) < 4.78 is 72.4. The summed E-state index contributed by atoms with van der Waals surface area (Å²) in [4.78, 5) is 39.4. The lowest BCUT2D eigenvalue weighted by atomic mass is 9.93.